The molecule has 3 amide bonds. The molecule has 3 aromatic rings. The maximum atomic E-state index is 14.6. The van der Waals surface area contributed by atoms with Crippen molar-refractivity contribution >= 4 is 34.4 Å². The van der Waals surface area contributed by atoms with Crippen LogP contribution >= 0.6 is 0 Å². The first-order valence-corrected chi connectivity index (χ1v) is 14.7. The molecule has 0 bridgehead atoms. The molecule has 0 aliphatic heterocycles. The number of hydrogen-bond acceptors (Lipinski definition) is 4. The molecule has 0 aliphatic rings. The minimum Gasteiger partial charge on any atom is -0.444 e. The number of amides is 3. The molecule has 0 saturated carbocycles. The van der Waals surface area contributed by atoms with Crippen molar-refractivity contribution in [2.75, 3.05) is 5.32 Å². The number of carbonyl (C=O) groups is 3. The van der Waals surface area contributed by atoms with E-state index in [0.29, 0.717) is 12.1 Å². The van der Waals surface area contributed by atoms with Gasteiger partial charge in [-0.05, 0) is 100 Å². The molecule has 2 atom stereocenters. The zero-order valence-electron chi connectivity index (χ0n) is 26.8. The molecule has 3 aromatic carbocycles. The number of ether oxygens (including phenoxy) is 1. The maximum absolute atomic E-state index is 14.6. The fraction of sp³-hybridized carbons (Fsp3) is 0.457. The van der Waals surface area contributed by atoms with Gasteiger partial charge in [0, 0.05) is 11.2 Å². The van der Waals surface area contributed by atoms with Gasteiger partial charge in [0.05, 0.1) is 0 Å². The second-order valence-electron chi connectivity index (χ2n) is 13.0. The number of nitrogens with zero attached hydrogens (tertiary/aromatic N) is 1. The number of carbonyl (C=O) groups excluding carboxylic acids is 3. The van der Waals surface area contributed by atoms with Crippen LogP contribution < -0.4 is 10.6 Å². The molecule has 2 N–H and O–H groups in total. The van der Waals surface area contributed by atoms with Crippen LogP contribution in [0.15, 0.2) is 60.7 Å². The van der Waals surface area contributed by atoms with Crippen molar-refractivity contribution in [3.05, 3.63) is 77.4 Å². The zero-order valence-corrected chi connectivity index (χ0v) is 26.8. The van der Waals surface area contributed by atoms with Crippen LogP contribution in [0.2, 0.25) is 0 Å². The normalized spacial score (nSPS) is 13.4. The Morgan fingerprint density at radius 3 is 2.12 bits per heavy atom. The van der Waals surface area contributed by atoms with Crippen LogP contribution in [-0.2, 0) is 14.3 Å². The number of benzene rings is 3. The lowest BCUT2D eigenvalue weighted by molar-refractivity contribution is -0.148. The van der Waals surface area contributed by atoms with Crippen LogP contribution in [0.25, 0.3) is 10.8 Å². The fourth-order valence-corrected chi connectivity index (χ4v) is 4.99. The highest BCUT2D eigenvalue weighted by molar-refractivity contribution is 6.01. The summed E-state index contributed by atoms with van der Waals surface area (Å²) in [7, 11) is 0. The van der Waals surface area contributed by atoms with Gasteiger partial charge < -0.3 is 20.3 Å². The Morgan fingerprint density at radius 2 is 1.52 bits per heavy atom. The number of alkyl carbamates (subject to hydrolysis) is 1. The SMILES string of the molecule is CCC(C)(C)N(C(=O)C(NC(=O)OC(C)(C)C)C(C)C)C(C(=O)Nc1ccc2ccccc2c1)c1cccc(C)c1C. The van der Waals surface area contributed by atoms with Gasteiger partial charge in [0.15, 0.2) is 0 Å². The molecule has 0 saturated heterocycles. The molecule has 2 unspecified atom stereocenters. The molecular weight excluding hydrogens is 526 g/mol. The number of aryl methyl sites for hydroxylation is 1. The standard InChI is InChI=1S/C35H47N3O4/c1-11-35(9,10)38(32(40)29(22(2)3)37-33(41)42-34(6,7)8)30(28-18-14-15-23(4)24(28)5)31(39)36-27-20-19-25-16-12-13-17-26(25)21-27/h12-22,29-30H,11H2,1-10H3,(H,36,39)(H,37,41). The van der Waals surface area contributed by atoms with Gasteiger partial charge in [-0.2, -0.15) is 0 Å². The van der Waals surface area contributed by atoms with Gasteiger partial charge in [-0.1, -0.05) is 69.3 Å². The predicted molar refractivity (Wildman–Crippen MR) is 170 cm³/mol. The van der Waals surface area contributed by atoms with E-state index in [-0.39, 0.29) is 17.7 Å². The first-order valence-electron chi connectivity index (χ1n) is 14.7. The van der Waals surface area contributed by atoms with Gasteiger partial charge in [0.25, 0.3) is 5.91 Å². The van der Waals surface area contributed by atoms with E-state index in [1.807, 2.05) is 109 Å². The fourth-order valence-electron chi connectivity index (χ4n) is 4.99. The molecule has 3 rings (SSSR count). The number of fused-ring (bicyclic) bond motifs is 1. The second-order valence-corrected chi connectivity index (χ2v) is 13.0. The predicted octanol–water partition coefficient (Wildman–Crippen LogP) is 7.70. The van der Waals surface area contributed by atoms with E-state index < -0.39 is 29.3 Å². The van der Waals surface area contributed by atoms with Crippen molar-refractivity contribution in [1.29, 1.82) is 0 Å². The Kier molecular flexibility index (Phi) is 10.1. The van der Waals surface area contributed by atoms with Crippen LogP contribution in [0.5, 0.6) is 0 Å². The quantitative estimate of drug-likeness (QED) is 0.275. The summed E-state index contributed by atoms with van der Waals surface area (Å²) in [6.07, 6.45) is -0.0895. The number of nitrogens with one attached hydrogen (secondary N) is 2. The molecule has 0 fully saturated rings. The monoisotopic (exact) mass is 573 g/mol. The van der Waals surface area contributed by atoms with Crippen molar-refractivity contribution < 1.29 is 19.1 Å². The summed E-state index contributed by atoms with van der Waals surface area (Å²) in [5.74, 6) is -0.932. The van der Waals surface area contributed by atoms with E-state index >= 15 is 0 Å². The van der Waals surface area contributed by atoms with Crippen molar-refractivity contribution in [1.82, 2.24) is 10.2 Å². The summed E-state index contributed by atoms with van der Waals surface area (Å²) in [6.45, 7) is 19.0. The van der Waals surface area contributed by atoms with Gasteiger partial charge in [0.1, 0.15) is 17.7 Å². The summed E-state index contributed by atoms with van der Waals surface area (Å²) in [4.78, 5) is 43.5. The zero-order chi connectivity index (χ0) is 31.4. The van der Waals surface area contributed by atoms with E-state index in [4.69, 9.17) is 4.74 Å². The number of hydrogen-bond donors (Lipinski definition) is 2. The number of rotatable bonds is 9. The highest BCUT2D eigenvalue weighted by Crippen LogP contribution is 2.36. The van der Waals surface area contributed by atoms with Crippen LogP contribution in [-0.4, -0.2) is 40.0 Å². The van der Waals surface area contributed by atoms with Crippen molar-refractivity contribution in [2.24, 2.45) is 5.92 Å². The lowest BCUT2D eigenvalue weighted by atomic mass is 9.88. The average molecular weight is 574 g/mol. The second kappa shape index (κ2) is 13.0. The van der Waals surface area contributed by atoms with Crippen LogP contribution in [0.1, 0.15) is 84.5 Å². The third-order valence-electron chi connectivity index (χ3n) is 7.82. The summed E-state index contributed by atoms with van der Waals surface area (Å²) in [5, 5.41) is 7.98. The third-order valence-corrected chi connectivity index (χ3v) is 7.82. The van der Waals surface area contributed by atoms with Gasteiger partial charge in [-0.15, -0.1) is 0 Å². The summed E-state index contributed by atoms with van der Waals surface area (Å²) < 4.78 is 5.50. The lowest BCUT2D eigenvalue weighted by Crippen LogP contribution is -2.60. The number of anilines is 1. The van der Waals surface area contributed by atoms with Crippen molar-refractivity contribution in [3.8, 4) is 0 Å². The maximum Gasteiger partial charge on any atom is 0.408 e. The van der Waals surface area contributed by atoms with Crippen molar-refractivity contribution in [2.45, 2.75) is 98.9 Å². The molecule has 0 radical (unpaired) electrons. The van der Waals surface area contributed by atoms with E-state index in [0.717, 1.165) is 27.5 Å². The van der Waals surface area contributed by atoms with Gasteiger partial charge in [0.2, 0.25) is 5.91 Å². The molecule has 0 aromatic heterocycles. The minimum atomic E-state index is -0.958. The Morgan fingerprint density at radius 1 is 0.881 bits per heavy atom. The van der Waals surface area contributed by atoms with E-state index in [9.17, 15) is 14.4 Å². The van der Waals surface area contributed by atoms with Gasteiger partial charge in [-0.3, -0.25) is 9.59 Å². The van der Waals surface area contributed by atoms with E-state index in [1.54, 1.807) is 25.7 Å². The highest BCUT2D eigenvalue weighted by atomic mass is 16.6. The van der Waals surface area contributed by atoms with Crippen LogP contribution in [0.3, 0.4) is 0 Å². The molecule has 7 heteroatoms. The first kappa shape index (κ1) is 32.6. The topological polar surface area (TPSA) is 87.7 Å². The summed E-state index contributed by atoms with van der Waals surface area (Å²) in [6, 6.07) is 17.7. The largest absolute Gasteiger partial charge is 0.444 e. The first-order chi connectivity index (χ1) is 19.6. The molecule has 0 heterocycles. The Labute approximate surface area is 251 Å². The van der Waals surface area contributed by atoms with Gasteiger partial charge >= 0.3 is 6.09 Å². The highest BCUT2D eigenvalue weighted by Gasteiger charge is 2.44. The molecule has 226 valence electrons. The van der Waals surface area contributed by atoms with Crippen LogP contribution in [0, 0.1) is 19.8 Å². The molecule has 7 nitrogen and oxygen atoms in total. The van der Waals surface area contributed by atoms with E-state index in [2.05, 4.69) is 10.6 Å². The Bertz CT molecular complexity index is 1440. The smallest absolute Gasteiger partial charge is 0.408 e. The molecule has 0 spiro atoms. The molecular formula is C35H47N3O4. The lowest BCUT2D eigenvalue weighted by Gasteiger charge is -2.45. The van der Waals surface area contributed by atoms with Gasteiger partial charge in [-0.25, -0.2) is 4.79 Å². The molecule has 0 aliphatic carbocycles. The van der Waals surface area contributed by atoms with Crippen molar-refractivity contribution in [3.63, 3.8) is 0 Å². The Hall–Kier alpha value is -3.87. The third kappa shape index (κ3) is 7.69. The van der Waals surface area contributed by atoms with Crippen LogP contribution in [0.4, 0.5) is 10.5 Å². The minimum absolute atomic E-state index is 0.261. The average Bonchev–Trinajstić information content (AvgIpc) is 2.90. The summed E-state index contributed by atoms with van der Waals surface area (Å²) in [5.41, 5.74) is 1.87. The van der Waals surface area contributed by atoms with E-state index in [1.165, 1.54) is 0 Å². The summed E-state index contributed by atoms with van der Waals surface area (Å²) >= 11 is 0. The molecule has 42 heavy (non-hydrogen) atoms. The Balaban J connectivity index is 2.14.